The number of hydrogen-bond donors (Lipinski definition) is 3. The maximum absolute atomic E-state index is 12.5. The Morgan fingerprint density at radius 3 is 2.55 bits per heavy atom. The number of fused-ring (bicyclic) bond motifs is 1. The van der Waals surface area contributed by atoms with E-state index in [1.54, 1.807) is 38.4 Å². The van der Waals surface area contributed by atoms with Crippen LogP contribution in [0, 0.1) is 5.92 Å². The molecule has 0 bridgehead atoms. The van der Waals surface area contributed by atoms with Crippen LogP contribution in [0.3, 0.4) is 0 Å². The molecule has 0 spiro atoms. The first-order chi connectivity index (χ1) is 15.3. The highest BCUT2D eigenvalue weighted by Gasteiger charge is 2.30. The zero-order valence-electron chi connectivity index (χ0n) is 18.2. The maximum Gasteiger partial charge on any atom is 0.405 e. The number of hydrogen-bond acceptors (Lipinski definition) is 6. The molecule has 0 saturated heterocycles. The maximum atomic E-state index is 12.5. The third-order valence-electron chi connectivity index (χ3n) is 4.80. The summed E-state index contributed by atoms with van der Waals surface area (Å²) in [6, 6.07) is 2.54. The Kier molecular flexibility index (Phi) is 6.96. The van der Waals surface area contributed by atoms with Crippen LogP contribution < -0.4 is 10.6 Å². The highest BCUT2D eigenvalue weighted by atomic mass is 32.2. The van der Waals surface area contributed by atoms with Crippen molar-refractivity contribution in [3.8, 4) is 11.1 Å². The average Bonchev–Trinajstić information content (AvgIpc) is 3.11. The Morgan fingerprint density at radius 2 is 1.91 bits per heavy atom. The Hall–Kier alpha value is -3.15. The largest absolute Gasteiger partial charge is 0.405 e. The lowest BCUT2D eigenvalue weighted by Crippen LogP contribution is -2.46. The molecule has 3 aromatic heterocycles. The number of carbonyl (C=O) groups excluding carboxylic acids is 1. The van der Waals surface area contributed by atoms with Gasteiger partial charge < -0.3 is 15.6 Å². The standard InChI is InChI=1S/C21H24F3N5O3S/c1-12(2)18(20(30)28-11-21(22,23)24)29-15-5-14(7-25-8-15)17-9-27-19-16(17)4-13(6-26-19)10-33(3,31)32/h4-9,12,18,29H,10-11H2,1-3H3,(H,26,27)(H,28,30). The van der Waals surface area contributed by atoms with Gasteiger partial charge in [-0.3, -0.25) is 9.78 Å². The first-order valence-corrected chi connectivity index (χ1v) is 12.1. The van der Waals surface area contributed by atoms with Gasteiger partial charge in [0.25, 0.3) is 0 Å². The molecular weight excluding hydrogens is 459 g/mol. The quantitative estimate of drug-likeness (QED) is 0.453. The number of carbonyl (C=O) groups is 1. The minimum Gasteiger partial charge on any atom is -0.372 e. The molecule has 0 aliphatic carbocycles. The Balaban J connectivity index is 1.87. The molecule has 12 heteroatoms. The van der Waals surface area contributed by atoms with Crippen molar-refractivity contribution in [3.05, 3.63) is 42.5 Å². The topological polar surface area (TPSA) is 117 Å². The highest BCUT2D eigenvalue weighted by Crippen LogP contribution is 2.30. The van der Waals surface area contributed by atoms with Gasteiger partial charge in [-0.2, -0.15) is 13.2 Å². The summed E-state index contributed by atoms with van der Waals surface area (Å²) in [7, 11) is -3.24. The van der Waals surface area contributed by atoms with Crippen LogP contribution in [0.15, 0.2) is 36.9 Å². The van der Waals surface area contributed by atoms with Gasteiger partial charge >= 0.3 is 6.18 Å². The Bertz CT molecular complexity index is 1260. The van der Waals surface area contributed by atoms with Gasteiger partial charge in [0.1, 0.15) is 18.2 Å². The minimum atomic E-state index is -4.50. The van der Waals surface area contributed by atoms with Gasteiger partial charge in [-0.1, -0.05) is 13.8 Å². The fourth-order valence-electron chi connectivity index (χ4n) is 3.35. The number of nitrogens with one attached hydrogen (secondary N) is 3. The lowest BCUT2D eigenvalue weighted by molar-refractivity contribution is -0.139. The van der Waals surface area contributed by atoms with E-state index in [1.807, 2.05) is 5.32 Å². The summed E-state index contributed by atoms with van der Waals surface area (Å²) >= 11 is 0. The van der Waals surface area contributed by atoms with Crippen LogP contribution in [0.5, 0.6) is 0 Å². The van der Waals surface area contributed by atoms with Crippen LogP contribution in [0.4, 0.5) is 18.9 Å². The number of sulfone groups is 1. The molecule has 33 heavy (non-hydrogen) atoms. The predicted octanol–water partition coefficient (Wildman–Crippen LogP) is 3.28. The van der Waals surface area contributed by atoms with Crippen LogP contribution in [0.2, 0.25) is 0 Å². The zero-order chi connectivity index (χ0) is 24.4. The van der Waals surface area contributed by atoms with Crippen LogP contribution in [0.25, 0.3) is 22.2 Å². The SMILES string of the molecule is CC(C)C(Nc1cncc(-c2c[nH]c3ncc(CS(C)(=O)=O)cc23)c1)C(=O)NCC(F)(F)F. The van der Waals surface area contributed by atoms with Gasteiger partial charge in [0, 0.05) is 47.6 Å². The van der Waals surface area contributed by atoms with Crippen LogP contribution >= 0.6 is 0 Å². The van der Waals surface area contributed by atoms with Crippen molar-refractivity contribution >= 4 is 32.5 Å². The molecule has 3 heterocycles. The second-order valence-corrected chi connectivity index (χ2v) is 10.3. The summed E-state index contributed by atoms with van der Waals surface area (Å²) < 4.78 is 60.7. The van der Waals surface area contributed by atoms with Gasteiger partial charge in [0.05, 0.1) is 11.4 Å². The molecule has 0 fully saturated rings. The molecule has 8 nitrogen and oxygen atoms in total. The third-order valence-corrected chi connectivity index (χ3v) is 5.66. The molecule has 3 rings (SSSR count). The zero-order valence-corrected chi connectivity index (χ0v) is 19.0. The van der Waals surface area contributed by atoms with E-state index in [4.69, 9.17) is 0 Å². The summed E-state index contributed by atoms with van der Waals surface area (Å²) in [5.41, 5.74) is 2.92. The normalized spacial score (nSPS) is 13.3. The summed E-state index contributed by atoms with van der Waals surface area (Å²) in [6.45, 7) is 2.03. The highest BCUT2D eigenvalue weighted by molar-refractivity contribution is 7.89. The molecule has 0 radical (unpaired) electrons. The number of alkyl halides is 3. The number of aromatic amines is 1. The van der Waals surface area contributed by atoms with Gasteiger partial charge in [-0.05, 0) is 23.6 Å². The summed E-state index contributed by atoms with van der Waals surface area (Å²) in [6.07, 6.45) is 2.90. The molecular formula is C21H24F3N5O3S. The van der Waals surface area contributed by atoms with E-state index < -0.39 is 34.5 Å². The number of H-pyrrole nitrogens is 1. The minimum absolute atomic E-state index is 0.149. The predicted molar refractivity (Wildman–Crippen MR) is 119 cm³/mol. The molecule has 0 aliphatic rings. The van der Waals surface area contributed by atoms with E-state index >= 15 is 0 Å². The fourth-order valence-corrected chi connectivity index (χ4v) is 4.11. The molecule has 1 amide bonds. The van der Waals surface area contributed by atoms with Gasteiger partial charge in [0.15, 0.2) is 9.84 Å². The summed E-state index contributed by atoms with van der Waals surface area (Å²) in [5.74, 6) is -1.21. The molecule has 1 unspecified atom stereocenters. The van der Waals surface area contributed by atoms with Crippen molar-refractivity contribution in [2.75, 3.05) is 18.1 Å². The van der Waals surface area contributed by atoms with Gasteiger partial charge in [-0.25, -0.2) is 13.4 Å². The first kappa shape index (κ1) is 24.5. The van der Waals surface area contributed by atoms with Crippen molar-refractivity contribution in [1.82, 2.24) is 20.3 Å². The molecule has 0 saturated carbocycles. The third kappa shape index (κ3) is 6.67. The Morgan fingerprint density at radius 1 is 1.18 bits per heavy atom. The number of anilines is 1. The van der Waals surface area contributed by atoms with Gasteiger partial charge in [0.2, 0.25) is 5.91 Å². The van der Waals surface area contributed by atoms with Crippen molar-refractivity contribution in [3.63, 3.8) is 0 Å². The Labute approximate surface area is 188 Å². The van der Waals surface area contributed by atoms with E-state index in [2.05, 4.69) is 20.3 Å². The summed E-state index contributed by atoms with van der Waals surface area (Å²) in [5, 5.41) is 5.56. The van der Waals surface area contributed by atoms with Crippen LogP contribution in [0.1, 0.15) is 19.4 Å². The van der Waals surface area contributed by atoms with E-state index in [1.165, 1.54) is 12.4 Å². The van der Waals surface area contributed by atoms with Crippen molar-refractivity contribution in [2.45, 2.75) is 31.8 Å². The average molecular weight is 484 g/mol. The molecule has 178 valence electrons. The monoisotopic (exact) mass is 483 g/mol. The molecule has 1 atom stereocenters. The van der Waals surface area contributed by atoms with Gasteiger partial charge in [-0.15, -0.1) is 0 Å². The van der Waals surface area contributed by atoms with Crippen molar-refractivity contribution in [1.29, 1.82) is 0 Å². The van der Waals surface area contributed by atoms with Crippen molar-refractivity contribution in [2.24, 2.45) is 5.92 Å². The summed E-state index contributed by atoms with van der Waals surface area (Å²) in [4.78, 5) is 23.8. The molecule has 0 aliphatic heterocycles. The number of rotatable bonds is 8. The number of pyridine rings is 2. The number of nitrogens with zero attached hydrogens (tertiary/aromatic N) is 2. The second-order valence-electron chi connectivity index (χ2n) is 8.17. The van der Waals surface area contributed by atoms with E-state index in [-0.39, 0.29) is 11.7 Å². The first-order valence-electron chi connectivity index (χ1n) is 10.0. The number of halogens is 3. The van der Waals surface area contributed by atoms with Crippen molar-refractivity contribution < 1.29 is 26.4 Å². The van der Waals surface area contributed by atoms with Crippen LogP contribution in [-0.2, 0) is 20.4 Å². The van der Waals surface area contributed by atoms with E-state index in [0.29, 0.717) is 33.4 Å². The molecule has 3 N–H and O–H groups in total. The lowest BCUT2D eigenvalue weighted by Gasteiger charge is -2.23. The molecule has 3 aromatic rings. The second kappa shape index (κ2) is 9.38. The lowest BCUT2D eigenvalue weighted by atomic mass is 10.0. The number of aromatic nitrogens is 3. The van der Waals surface area contributed by atoms with E-state index in [0.717, 1.165) is 6.26 Å². The number of amides is 1. The fraction of sp³-hybridized carbons (Fsp3) is 0.381. The molecule has 0 aromatic carbocycles. The van der Waals surface area contributed by atoms with E-state index in [9.17, 15) is 26.4 Å². The van der Waals surface area contributed by atoms with Crippen LogP contribution in [-0.4, -0.2) is 54.3 Å². The smallest absolute Gasteiger partial charge is 0.372 e.